The maximum atomic E-state index is 13.0. The van der Waals surface area contributed by atoms with Crippen LogP contribution in [0.4, 0.5) is 5.69 Å². The molecule has 1 saturated heterocycles. The third-order valence-corrected chi connectivity index (χ3v) is 7.46. The summed E-state index contributed by atoms with van der Waals surface area (Å²) in [6, 6.07) is 13.3. The molecular weight excluding hydrogens is 372 g/mol. The molecule has 0 aliphatic carbocycles. The Morgan fingerprint density at radius 2 is 1.71 bits per heavy atom. The number of hydrogen-bond donors (Lipinski definition) is 1. The molecule has 0 aromatic heterocycles. The number of carbonyl (C=O) groups is 1. The van der Waals surface area contributed by atoms with Crippen molar-refractivity contribution >= 4 is 21.6 Å². The number of piperidine rings is 1. The van der Waals surface area contributed by atoms with E-state index in [1.54, 1.807) is 6.07 Å². The van der Waals surface area contributed by atoms with Gasteiger partial charge in [-0.3, -0.25) is 4.79 Å². The molecule has 1 aliphatic rings. The second-order valence-electron chi connectivity index (χ2n) is 7.49. The van der Waals surface area contributed by atoms with E-state index in [-0.39, 0.29) is 11.8 Å². The molecule has 1 N–H and O–H groups in total. The van der Waals surface area contributed by atoms with Gasteiger partial charge in [0, 0.05) is 24.7 Å². The second kappa shape index (κ2) is 8.45. The first-order valence-corrected chi connectivity index (χ1v) is 11.2. The van der Waals surface area contributed by atoms with Gasteiger partial charge in [-0.2, -0.15) is 4.31 Å². The number of nitrogens with zero attached hydrogens (tertiary/aromatic N) is 1. The maximum absolute atomic E-state index is 13.0. The molecule has 0 unspecified atom stereocenters. The van der Waals surface area contributed by atoms with Gasteiger partial charge < -0.3 is 5.32 Å². The van der Waals surface area contributed by atoms with Crippen molar-refractivity contribution in [2.75, 3.05) is 18.4 Å². The van der Waals surface area contributed by atoms with Crippen LogP contribution in [0.25, 0.3) is 0 Å². The van der Waals surface area contributed by atoms with E-state index in [2.05, 4.69) is 12.2 Å². The first kappa shape index (κ1) is 20.6. The highest BCUT2D eigenvalue weighted by atomic mass is 32.2. The summed E-state index contributed by atoms with van der Waals surface area (Å²) in [4.78, 5) is 12.9. The Morgan fingerprint density at radius 3 is 2.32 bits per heavy atom. The normalized spacial score (nSPS) is 16.1. The summed E-state index contributed by atoms with van der Waals surface area (Å²) in [5, 5.41) is 2.96. The third-order valence-electron chi connectivity index (χ3n) is 5.42. The lowest BCUT2D eigenvalue weighted by atomic mass is 9.97. The monoisotopic (exact) mass is 400 g/mol. The Labute approximate surface area is 167 Å². The molecule has 0 atom stereocenters. The summed E-state index contributed by atoms with van der Waals surface area (Å²) in [7, 11) is -3.53. The van der Waals surface area contributed by atoms with Crippen LogP contribution in [0, 0.1) is 19.8 Å². The lowest BCUT2D eigenvalue weighted by molar-refractivity contribution is -0.120. The smallest absolute Gasteiger partial charge is 0.243 e. The minimum atomic E-state index is -3.53. The molecule has 6 heteroatoms. The Kier molecular flexibility index (Phi) is 6.20. The van der Waals surface area contributed by atoms with Crippen LogP contribution >= 0.6 is 0 Å². The average Bonchev–Trinajstić information content (AvgIpc) is 2.70. The second-order valence-corrected chi connectivity index (χ2v) is 9.39. The van der Waals surface area contributed by atoms with Crippen LogP contribution in [-0.4, -0.2) is 31.7 Å². The largest absolute Gasteiger partial charge is 0.326 e. The van der Waals surface area contributed by atoms with Gasteiger partial charge in [-0.1, -0.05) is 31.2 Å². The van der Waals surface area contributed by atoms with Crippen LogP contribution in [0.3, 0.4) is 0 Å². The average molecular weight is 401 g/mol. The summed E-state index contributed by atoms with van der Waals surface area (Å²) in [5.74, 6) is -0.205. The van der Waals surface area contributed by atoms with Gasteiger partial charge in [-0.25, -0.2) is 8.42 Å². The molecule has 3 rings (SSSR count). The van der Waals surface area contributed by atoms with Crippen molar-refractivity contribution in [3.8, 4) is 0 Å². The SMILES string of the molecule is CCc1ccc(NC(=O)C2CCN(S(=O)(=O)c3cc(C)ccc3C)CC2)cc1. The highest BCUT2D eigenvalue weighted by Gasteiger charge is 2.32. The van der Waals surface area contributed by atoms with Gasteiger partial charge >= 0.3 is 0 Å². The standard InChI is InChI=1S/C22H28N2O3S/c1-4-18-7-9-20(10-8-18)23-22(25)19-11-13-24(14-12-19)28(26,27)21-15-16(2)5-6-17(21)3/h5-10,15,19H,4,11-14H2,1-3H3,(H,23,25). The van der Waals surface area contributed by atoms with Gasteiger partial charge in [0.2, 0.25) is 15.9 Å². The Bertz CT molecular complexity index is 944. The van der Waals surface area contributed by atoms with E-state index in [0.29, 0.717) is 30.8 Å². The number of amides is 1. The number of sulfonamides is 1. The predicted octanol–water partition coefficient (Wildman–Crippen LogP) is 3.91. The van der Waals surface area contributed by atoms with Crippen molar-refractivity contribution in [3.05, 3.63) is 59.2 Å². The topological polar surface area (TPSA) is 66.5 Å². The fourth-order valence-corrected chi connectivity index (χ4v) is 5.33. The minimum Gasteiger partial charge on any atom is -0.326 e. The fraction of sp³-hybridized carbons (Fsp3) is 0.409. The number of hydrogen-bond acceptors (Lipinski definition) is 3. The van der Waals surface area contributed by atoms with E-state index in [1.165, 1.54) is 9.87 Å². The Morgan fingerprint density at radius 1 is 1.07 bits per heavy atom. The maximum Gasteiger partial charge on any atom is 0.243 e. The van der Waals surface area contributed by atoms with E-state index in [1.807, 2.05) is 50.2 Å². The highest BCUT2D eigenvalue weighted by Crippen LogP contribution is 2.27. The minimum absolute atomic E-state index is 0.0342. The number of aryl methyl sites for hydroxylation is 3. The molecule has 1 fully saturated rings. The van der Waals surface area contributed by atoms with Gasteiger partial charge in [0.15, 0.2) is 0 Å². The zero-order valence-corrected chi connectivity index (χ0v) is 17.6. The van der Waals surface area contributed by atoms with Gasteiger partial charge in [0.1, 0.15) is 0 Å². The van der Waals surface area contributed by atoms with Crippen LogP contribution in [0.15, 0.2) is 47.4 Å². The molecule has 150 valence electrons. The molecule has 0 spiro atoms. The highest BCUT2D eigenvalue weighted by molar-refractivity contribution is 7.89. The van der Waals surface area contributed by atoms with Crippen molar-refractivity contribution in [3.63, 3.8) is 0 Å². The van der Waals surface area contributed by atoms with Crippen molar-refractivity contribution in [2.45, 2.75) is 44.9 Å². The molecular formula is C22H28N2O3S. The van der Waals surface area contributed by atoms with Gasteiger partial charge in [-0.15, -0.1) is 0 Å². The third kappa shape index (κ3) is 4.45. The number of nitrogens with one attached hydrogen (secondary N) is 1. The van der Waals surface area contributed by atoms with Crippen LogP contribution in [0.2, 0.25) is 0 Å². The lowest BCUT2D eigenvalue weighted by Crippen LogP contribution is -2.41. The van der Waals surface area contributed by atoms with E-state index in [4.69, 9.17) is 0 Å². The van der Waals surface area contributed by atoms with Crippen molar-refractivity contribution in [2.24, 2.45) is 5.92 Å². The molecule has 2 aromatic carbocycles. The van der Waals surface area contributed by atoms with E-state index in [9.17, 15) is 13.2 Å². The number of rotatable bonds is 5. The fourth-order valence-electron chi connectivity index (χ4n) is 3.55. The molecule has 0 saturated carbocycles. The van der Waals surface area contributed by atoms with Gasteiger partial charge in [0.25, 0.3) is 0 Å². The van der Waals surface area contributed by atoms with Crippen LogP contribution in [-0.2, 0) is 21.2 Å². The lowest BCUT2D eigenvalue weighted by Gasteiger charge is -2.31. The van der Waals surface area contributed by atoms with Gasteiger partial charge in [-0.05, 0) is 68.0 Å². The van der Waals surface area contributed by atoms with Crippen molar-refractivity contribution in [1.29, 1.82) is 0 Å². The molecule has 1 heterocycles. The zero-order valence-electron chi connectivity index (χ0n) is 16.7. The summed E-state index contributed by atoms with van der Waals surface area (Å²) in [5.41, 5.74) is 3.68. The quantitative estimate of drug-likeness (QED) is 0.828. The van der Waals surface area contributed by atoms with Crippen molar-refractivity contribution in [1.82, 2.24) is 4.31 Å². The van der Waals surface area contributed by atoms with Crippen molar-refractivity contribution < 1.29 is 13.2 Å². The van der Waals surface area contributed by atoms with E-state index in [0.717, 1.165) is 23.2 Å². The molecule has 1 aliphatic heterocycles. The molecule has 0 radical (unpaired) electrons. The molecule has 0 bridgehead atoms. The van der Waals surface area contributed by atoms with E-state index >= 15 is 0 Å². The van der Waals surface area contributed by atoms with Gasteiger partial charge in [0.05, 0.1) is 4.90 Å². The van der Waals surface area contributed by atoms with Crippen LogP contribution < -0.4 is 5.32 Å². The molecule has 1 amide bonds. The summed E-state index contributed by atoms with van der Waals surface area (Å²) in [6.07, 6.45) is 2.02. The predicted molar refractivity (Wildman–Crippen MR) is 112 cm³/mol. The van der Waals surface area contributed by atoms with Crippen LogP contribution in [0.5, 0.6) is 0 Å². The number of benzene rings is 2. The first-order chi connectivity index (χ1) is 13.3. The number of carbonyl (C=O) groups excluding carboxylic acids is 1. The zero-order chi connectivity index (χ0) is 20.3. The summed E-state index contributed by atoms with van der Waals surface area (Å²) < 4.78 is 27.5. The summed E-state index contributed by atoms with van der Waals surface area (Å²) in [6.45, 7) is 6.53. The summed E-state index contributed by atoms with van der Waals surface area (Å²) >= 11 is 0. The molecule has 28 heavy (non-hydrogen) atoms. The first-order valence-electron chi connectivity index (χ1n) is 9.78. The molecule has 2 aromatic rings. The Balaban J connectivity index is 1.63. The van der Waals surface area contributed by atoms with Crippen LogP contribution in [0.1, 0.15) is 36.5 Å². The number of anilines is 1. The molecule has 5 nitrogen and oxygen atoms in total. The Hall–Kier alpha value is -2.18. The van der Waals surface area contributed by atoms with E-state index < -0.39 is 10.0 Å².